The van der Waals surface area contributed by atoms with Crippen LogP contribution in [0, 0.1) is 0 Å². The number of aromatic nitrogens is 3. The Morgan fingerprint density at radius 2 is 1.81 bits per heavy atom. The standard InChI is InChI=1S/C20H19Cl2N5O3S/c21-16-7-4-8-17(22)20(16)31(29,30)23-11-19(28)26-10-9-15(12-26)27-13-18(24-25-27)14-5-2-1-3-6-14/h1-8,13,15,23H,9-12H2. The Labute approximate surface area is 189 Å². The third-order valence-corrected chi connectivity index (χ3v) is 7.43. The first kappa shape index (κ1) is 21.8. The van der Waals surface area contributed by atoms with E-state index in [9.17, 15) is 13.2 Å². The van der Waals surface area contributed by atoms with Crippen molar-refractivity contribution in [3.8, 4) is 11.3 Å². The van der Waals surface area contributed by atoms with Gasteiger partial charge in [-0.15, -0.1) is 5.10 Å². The Hall–Kier alpha value is -2.46. The fourth-order valence-corrected chi connectivity index (χ4v) is 5.57. The molecule has 0 aliphatic carbocycles. The van der Waals surface area contributed by atoms with E-state index >= 15 is 0 Å². The molecule has 0 radical (unpaired) electrons. The first-order valence-electron chi connectivity index (χ1n) is 9.54. The number of nitrogens with one attached hydrogen (secondary N) is 1. The van der Waals surface area contributed by atoms with Crippen LogP contribution in [0.2, 0.25) is 10.0 Å². The molecule has 1 aliphatic rings. The van der Waals surface area contributed by atoms with Gasteiger partial charge < -0.3 is 4.90 Å². The van der Waals surface area contributed by atoms with Gasteiger partial charge in [-0.1, -0.05) is 64.8 Å². The number of nitrogens with zero attached hydrogens (tertiary/aromatic N) is 4. The molecule has 2 heterocycles. The van der Waals surface area contributed by atoms with Crippen LogP contribution in [0.5, 0.6) is 0 Å². The number of halogens is 2. The predicted molar refractivity (Wildman–Crippen MR) is 117 cm³/mol. The first-order chi connectivity index (χ1) is 14.8. The van der Waals surface area contributed by atoms with E-state index < -0.39 is 10.0 Å². The van der Waals surface area contributed by atoms with Gasteiger partial charge in [-0.05, 0) is 18.6 Å². The van der Waals surface area contributed by atoms with E-state index in [4.69, 9.17) is 23.2 Å². The Morgan fingerprint density at radius 1 is 1.10 bits per heavy atom. The SMILES string of the molecule is O=C(CNS(=O)(=O)c1c(Cl)cccc1Cl)N1CCC(n2cc(-c3ccccc3)nn2)C1. The van der Waals surface area contributed by atoms with Crippen LogP contribution in [0.4, 0.5) is 0 Å². The molecular formula is C20H19Cl2N5O3S. The number of hydrogen-bond acceptors (Lipinski definition) is 5. The number of hydrogen-bond donors (Lipinski definition) is 1. The molecule has 0 saturated carbocycles. The van der Waals surface area contributed by atoms with E-state index in [1.54, 1.807) is 15.6 Å². The molecule has 1 fully saturated rings. The topological polar surface area (TPSA) is 97.2 Å². The summed E-state index contributed by atoms with van der Waals surface area (Å²) >= 11 is 12.0. The highest BCUT2D eigenvalue weighted by Gasteiger charge is 2.30. The van der Waals surface area contributed by atoms with E-state index in [0.717, 1.165) is 11.3 Å². The molecule has 0 spiro atoms. The third-order valence-electron chi connectivity index (χ3n) is 5.07. The van der Waals surface area contributed by atoms with Crippen LogP contribution in [0.3, 0.4) is 0 Å². The Morgan fingerprint density at radius 3 is 2.52 bits per heavy atom. The lowest BCUT2D eigenvalue weighted by Crippen LogP contribution is -2.39. The fraction of sp³-hybridized carbons (Fsp3) is 0.250. The average molecular weight is 480 g/mol. The Balaban J connectivity index is 1.38. The molecule has 1 aromatic heterocycles. The smallest absolute Gasteiger partial charge is 0.244 e. The molecule has 1 atom stereocenters. The summed E-state index contributed by atoms with van der Waals surface area (Å²) < 4.78 is 29.1. The maximum absolute atomic E-state index is 12.6. The second-order valence-corrected chi connectivity index (χ2v) is 9.63. The van der Waals surface area contributed by atoms with Crippen LogP contribution in [-0.4, -0.2) is 53.9 Å². The zero-order valence-corrected chi connectivity index (χ0v) is 18.6. The summed E-state index contributed by atoms with van der Waals surface area (Å²) in [5.74, 6) is -0.336. The summed E-state index contributed by atoms with van der Waals surface area (Å²) in [5, 5.41) is 8.40. The predicted octanol–water partition coefficient (Wildman–Crippen LogP) is 3.00. The lowest BCUT2D eigenvalue weighted by Gasteiger charge is -2.17. The molecule has 0 bridgehead atoms. The van der Waals surface area contributed by atoms with Crippen molar-refractivity contribution in [2.75, 3.05) is 19.6 Å². The normalized spacial score (nSPS) is 16.6. The van der Waals surface area contributed by atoms with Crippen molar-refractivity contribution in [2.24, 2.45) is 0 Å². The molecule has 8 nitrogen and oxygen atoms in total. The van der Waals surface area contributed by atoms with Crippen LogP contribution < -0.4 is 4.72 Å². The number of carbonyl (C=O) groups excluding carboxylic acids is 1. The molecule has 4 rings (SSSR count). The maximum atomic E-state index is 12.6. The molecular weight excluding hydrogens is 461 g/mol. The van der Waals surface area contributed by atoms with Crippen LogP contribution in [0.25, 0.3) is 11.3 Å². The number of rotatable bonds is 6. The number of carbonyl (C=O) groups is 1. The monoisotopic (exact) mass is 479 g/mol. The summed E-state index contributed by atoms with van der Waals surface area (Å²) in [7, 11) is -4.03. The van der Waals surface area contributed by atoms with Gasteiger partial charge in [0, 0.05) is 18.7 Å². The highest BCUT2D eigenvalue weighted by molar-refractivity contribution is 7.89. The van der Waals surface area contributed by atoms with Gasteiger partial charge in [-0.3, -0.25) is 4.79 Å². The van der Waals surface area contributed by atoms with Crippen molar-refractivity contribution < 1.29 is 13.2 Å². The summed E-state index contributed by atoms with van der Waals surface area (Å²) in [6, 6.07) is 14.1. The maximum Gasteiger partial charge on any atom is 0.244 e. The van der Waals surface area contributed by atoms with Crippen molar-refractivity contribution in [2.45, 2.75) is 17.4 Å². The van der Waals surface area contributed by atoms with Gasteiger partial charge in [0.1, 0.15) is 10.6 Å². The second kappa shape index (κ2) is 8.96. The van der Waals surface area contributed by atoms with Crippen LogP contribution in [0.15, 0.2) is 59.6 Å². The molecule has 1 amide bonds. The first-order valence-corrected chi connectivity index (χ1v) is 11.8. The summed E-state index contributed by atoms with van der Waals surface area (Å²) in [6.07, 6.45) is 2.56. The van der Waals surface area contributed by atoms with E-state index in [1.807, 2.05) is 36.5 Å². The highest BCUT2D eigenvalue weighted by atomic mass is 35.5. The Kier molecular flexibility index (Phi) is 6.29. The zero-order chi connectivity index (χ0) is 22.0. The van der Waals surface area contributed by atoms with Gasteiger partial charge >= 0.3 is 0 Å². The van der Waals surface area contributed by atoms with Gasteiger partial charge in [-0.25, -0.2) is 17.8 Å². The minimum atomic E-state index is -4.03. The van der Waals surface area contributed by atoms with Crippen molar-refractivity contribution in [1.82, 2.24) is 24.6 Å². The van der Waals surface area contributed by atoms with Crippen LogP contribution in [0.1, 0.15) is 12.5 Å². The number of sulfonamides is 1. The van der Waals surface area contributed by atoms with Crippen molar-refractivity contribution in [3.05, 3.63) is 64.8 Å². The lowest BCUT2D eigenvalue weighted by atomic mass is 10.2. The molecule has 2 aromatic carbocycles. The van der Waals surface area contributed by atoms with Gasteiger partial charge in [0.05, 0.1) is 28.8 Å². The largest absolute Gasteiger partial charge is 0.339 e. The molecule has 1 N–H and O–H groups in total. The number of likely N-dealkylation sites (tertiary alicyclic amines) is 1. The molecule has 1 saturated heterocycles. The summed E-state index contributed by atoms with van der Waals surface area (Å²) in [5.41, 5.74) is 1.72. The molecule has 31 heavy (non-hydrogen) atoms. The van der Waals surface area contributed by atoms with Crippen molar-refractivity contribution in [3.63, 3.8) is 0 Å². The quantitative estimate of drug-likeness (QED) is 0.585. The van der Waals surface area contributed by atoms with Gasteiger partial charge in [-0.2, -0.15) is 0 Å². The minimum Gasteiger partial charge on any atom is -0.339 e. The van der Waals surface area contributed by atoms with Crippen LogP contribution in [-0.2, 0) is 14.8 Å². The molecule has 3 aromatic rings. The van der Waals surface area contributed by atoms with E-state index in [2.05, 4.69) is 15.0 Å². The number of benzene rings is 2. The zero-order valence-electron chi connectivity index (χ0n) is 16.3. The summed E-state index contributed by atoms with van der Waals surface area (Å²) in [6.45, 7) is 0.535. The van der Waals surface area contributed by atoms with Crippen molar-refractivity contribution >= 4 is 39.1 Å². The Bertz CT molecular complexity index is 1180. The molecule has 1 aliphatic heterocycles. The van der Waals surface area contributed by atoms with Crippen molar-refractivity contribution in [1.29, 1.82) is 0 Å². The second-order valence-electron chi connectivity index (χ2n) is 7.11. The number of amides is 1. The fourth-order valence-electron chi connectivity index (χ4n) is 3.46. The van der Waals surface area contributed by atoms with Gasteiger partial charge in [0.25, 0.3) is 0 Å². The van der Waals surface area contributed by atoms with E-state index in [1.165, 1.54) is 12.1 Å². The highest BCUT2D eigenvalue weighted by Crippen LogP contribution is 2.29. The minimum absolute atomic E-state index is 0.00547. The molecule has 162 valence electrons. The lowest BCUT2D eigenvalue weighted by molar-refractivity contribution is -0.129. The average Bonchev–Trinajstić information content (AvgIpc) is 3.42. The van der Waals surface area contributed by atoms with Gasteiger partial charge in [0.15, 0.2) is 0 Å². The third kappa shape index (κ3) is 4.74. The molecule has 11 heteroatoms. The van der Waals surface area contributed by atoms with E-state index in [-0.39, 0.29) is 33.4 Å². The van der Waals surface area contributed by atoms with Gasteiger partial charge in [0.2, 0.25) is 15.9 Å². The van der Waals surface area contributed by atoms with Crippen LogP contribution >= 0.6 is 23.2 Å². The summed E-state index contributed by atoms with van der Waals surface area (Å²) in [4.78, 5) is 14.0. The van der Waals surface area contributed by atoms with E-state index in [0.29, 0.717) is 19.5 Å². The molecule has 1 unspecified atom stereocenters.